The molecule has 1 aromatic rings. The largest absolute Gasteiger partial charge is 0.389 e. The van der Waals surface area contributed by atoms with Crippen molar-refractivity contribution in [2.75, 3.05) is 31.6 Å². The van der Waals surface area contributed by atoms with Gasteiger partial charge in [0.1, 0.15) is 0 Å². The highest BCUT2D eigenvalue weighted by Crippen LogP contribution is 2.31. The summed E-state index contributed by atoms with van der Waals surface area (Å²) in [5.74, 6) is 0. The van der Waals surface area contributed by atoms with Crippen LogP contribution in [0.5, 0.6) is 0 Å². The number of aliphatic hydroxyl groups excluding tert-OH is 1. The number of benzene rings is 1. The van der Waals surface area contributed by atoms with E-state index in [1.807, 2.05) is 18.2 Å². The molecule has 2 atom stereocenters. The Hall–Kier alpha value is -0.770. The summed E-state index contributed by atoms with van der Waals surface area (Å²) in [6.45, 7) is 7.07. The molecule has 0 aliphatic carbocycles. The normalized spacial score (nSPS) is 23.2. The van der Waals surface area contributed by atoms with Crippen LogP contribution in [0.1, 0.15) is 25.5 Å². The minimum absolute atomic E-state index is 0.457. The van der Waals surface area contributed by atoms with E-state index in [-0.39, 0.29) is 0 Å². The van der Waals surface area contributed by atoms with Crippen molar-refractivity contribution in [3.8, 4) is 0 Å². The number of rotatable bonds is 2. The first-order valence-corrected chi connectivity index (χ1v) is 6.79. The van der Waals surface area contributed by atoms with Crippen molar-refractivity contribution in [1.29, 1.82) is 0 Å². The quantitative estimate of drug-likeness (QED) is 0.893. The van der Waals surface area contributed by atoms with Crippen molar-refractivity contribution in [3.63, 3.8) is 0 Å². The molecule has 1 saturated heterocycles. The molecule has 0 aromatic heterocycles. The summed E-state index contributed by atoms with van der Waals surface area (Å²) in [6, 6.07) is 6.30. The second kappa shape index (κ2) is 5.47. The third-order valence-corrected chi connectivity index (χ3v) is 3.90. The molecule has 18 heavy (non-hydrogen) atoms. The molecule has 1 aromatic carbocycles. The SMILES string of the molecule is CC(O)c1ccc(N2CCN(C)CC2C)c(Cl)c1. The Kier molecular flexibility index (Phi) is 4.15. The Bertz CT molecular complexity index is 422. The number of likely N-dealkylation sites (N-methyl/N-ethyl adjacent to an activating group) is 1. The van der Waals surface area contributed by atoms with E-state index in [1.54, 1.807) is 6.92 Å². The van der Waals surface area contributed by atoms with E-state index in [9.17, 15) is 5.11 Å². The lowest BCUT2D eigenvalue weighted by molar-refractivity contribution is 0.199. The summed E-state index contributed by atoms with van der Waals surface area (Å²) in [7, 11) is 2.14. The molecule has 0 saturated carbocycles. The van der Waals surface area contributed by atoms with E-state index in [0.717, 1.165) is 35.9 Å². The van der Waals surface area contributed by atoms with Crippen LogP contribution in [-0.2, 0) is 0 Å². The molecular weight excluding hydrogens is 248 g/mol. The van der Waals surface area contributed by atoms with Crippen LogP contribution in [0, 0.1) is 0 Å². The maximum Gasteiger partial charge on any atom is 0.0762 e. The Morgan fingerprint density at radius 2 is 2.11 bits per heavy atom. The number of halogens is 1. The smallest absolute Gasteiger partial charge is 0.0762 e. The zero-order chi connectivity index (χ0) is 13.3. The maximum atomic E-state index is 9.56. The van der Waals surface area contributed by atoms with Crippen LogP contribution in [0.25, 0.3) is 0 Å². The Morgan fingerprint density at radius 3 is 2.67 bits per heavy atom. The van der Waals surface area contributed by atoms with Gasteiger partial charge in [-0.25, -0.2) is 0 Å². The summed E-state index contributed by atoms with van der Waals surface area (Å²) in [5.41, 5.74) is 1.94. The first-order chi connectivity index (χ1) is 8.49. The summed E-state index contributed by atoms with van der Waals surface area (Å²) < 4.78 is 0. The number of anilines is 1. The van der Waals surface area contributed by atoms with Gasteiger partial charge in [0.2, 0.25) is 0 Å². The van der Waals surface area contributed by atoms with E-state index >= 15 is 0 Å². The predicted octanol–water partition coefficient (Wildman–Crippen LogP) is 2.53. The van der Waals surface area contributed by atoms with E-state index in [0.29, 0.717) is 6.04 Å². The van der Waals surface area contributed by atoms with Crippen LogP contribution in [0.4, 0.5) is 5.69 Å². The van der Waals surface area contributed by atoms with Crippen molar-refractivity contribution in [2.24, 2.45) is 0 Å². The van der Waals surface area contributed by atoms with Crippen molar-refractivity contribution >= 4 is 17.3 Å². The number of nitrogens with zero attached hydrogens (tertiary/aromatic N) is 2. The molecule has 2 rings (SSSR count). The van der Waals surface area contributed by atoms with Crippen LogP contribution < -0.4 is 4.90 Å². The Balaban J connectivity index is 2.23. The number of aliphatic hydroxyl groups is 1. The zero-order valence-corrected chi connectivity index (χ0v) is 12.0. The number of hydrogen-bond acceptors (Lipinski definition) is 3. The highest BCUT2D eigenvalue weighted by molar-refractivity contribution is 6.33. The van der Waals surface area contributed by atoms with Crippen molar-refractivity contribution < 1.29 is 5.11 Å². The molecule has 1 aliphatic heterocycles. The first kappa shape index (κ1) is 13.7. The highest BCUT2D eigenvalue weighted by atomic mass is 35.5. The van der Waals surface area contributed by atoms with Crippen LogP contribution in [0.15, 0.2) is 18.2 Å². The van der Waals surface area contributed by atoms with Gasteiger partial charge >= 0.3 is 0 Å². The van der Waals surface area contributed by atoms with E-state index < -0.39 is 6.10 Å². The van der Waals surface area contributed by atoms with Crippen LogP contribution in [0.3, 0.4) is 0 Å². The molecule has 1 fully saturated rings. The minimum atomic E-state index is -0.471. The van der Waals surface area contributed by atoms with Gasteiger partial charge in [0.25, 0.3) is 0 Å². The summed E-state index contributed by atoms with van der Waals surface area (Å²) >= 11 is 6.34. The van der Waals surface area contributed by atoms with Crippen molar-refractivity contribution in [1.82, 2.24) is 4.90 Å². The van der Waals surface area contributed by atoms with Crippen LogP contribution >= 0.6 is 11.6 Å². The lowest BCUT2D eigenvalue weighted by atomic mass is 10.1. The second-order valence-electron chi connectivity index (χ2n) is 5.19. The van der Waals surface area contributed by atoms with Crippen molar-refractivity contribution in [2.45, 2.75) is 26.0 Å². The lowest BCUT2D eigenvalue weighted by Gasteiger charge is -2.40. The molecule has 1 aliphatic rings. The average Bonchev–Trinajstić information content (AvgIpc) is 2.30. The Labute approximate surface area is 114 Å². The summed E-state index contributed by atoms with van der Waals surface area (Å²) in [6.07, 6.45) is -0.471. The summed E-state index contributed by atoms with van der Waals surface area (Å²) in [4.78, 5) is 4.67. The molecule has 100 valence electrons. The first-order valence-electron chi connectivity index (χ1n) is 6.41. The third-order valence-electron chi connectivity index (χ3n) is 3.59. The average molecular weight is 269 g/mol. The molecule has 4 heteroatoms. The lowest BCUT2D eigenvalue weighted by Crippen LogP contribution is -2.50. The van der Waals surface area contributed by atoms with E-state index in [2.05, 4.69) is 23.8 Å². The molecule has 0 amide bonds. The molecule has 1 N–H and O–H groups in total. The topological polar surface area (TPSA) is 26.7 Å². The number of hydrogen-bond donors (Lipinski definition) is 1. The zero-order valence-electron chi connectivity index (χ0n) is 11.2. The van der Waals surface area contributed by atoms with Gasteiger partial charge in [-0.3, -0.25) is 0 Å². The molecule has 3 nitrogen and oxygen atoms in total. The molecular formula is C14H21ClN2O. The third kappa shape index (κ3) is 2.79. The number of piperazine rings is 1. The predicted molar refractivity (Wildman–Crippen MR) is 76.4 cm³/mol. The van der Waals surface area contributed by atoms with Crippen molar-refractivity contribution in [3.05, 3.63) is 28.8 Å². The van der Waals surface area contributed by atoms with Gasteiger partial charge in [0.15, 0.2) is 0 Å². The monoisotopic (exact) mass is 268 g/mol. The fourth-order valence-corrected chi connectivity index (χ4v) is 2.81. The molecule has 2 unspecified atom stereocenters. The van der Waals surface area contributed by atoms with E-state index in [4.69, 9.17) is 11.6 Å². The van der Waals surface area contributed by atoms with Gasteiger partial charge in [-0.05, 0) is 38.6 Å². The molecule has 1 heterocycles. The van der Waals surface area contributed by atoms with Gasteiger partial charge in [0.05, 0.1) is 16.8 Å². The van der Waals surface area contributed by atoms with Gasteiger partial charge in [-0.2, -0.15) is 0 Å². The van der Waals surface area contributed by atoms with Crippen LogP contribution in [0.2, 0.25) is 5.02 Å². The summed E-state index contributed by atoms with van der Waals surface area (Å²) in [5, 5.41) is 10.3. The second-order valence-corrected chi connectivity index (χ2v) is 5.60. The Morgan fingerprint density at radius 1 is 1.39 bits per heavy atom. The maximum absolute atomic E-state index is 9.56. The van der Waals surface area contributed by atoms with Gasteiger partial charge in [-0.1, -0.05) is 17.7 Å². The van der Waals surface area contributed by atoms with Crippen LogP contribution in [-0.4, -0.2) is 42.7 Å². The fraction of sp³-hybridized carbons (Fsp3) is 0.571. The molecule has 0 bridgehead atoms. The van der Waals surface area contributed by atoms with Gasteiger partial charge in [-0.15, -0.1) is 0 Å². The standard InChI is InChI=1S/C14H21ClN2O/c1-10-9-16(3)6-7-17(10)14-5-4-12(11(2)18)8-13(14)15/h4-5,8,10-11,18H,6-7,9H2,1-3H3. The van der Waals surface area contributed by atoms with Gasteiger partial charge < -0.3 is 14.9 Å². The molecule has 0 spiro atoms. The minimum Gasteiger partial charge on any atom is -0.389 e. The fourth-order valence-electron chi connectivity index (χ4n) is 2.51. The molecule has 0 radical (unpaired) electrons. The van der Waals surface area contributed by atoms with E-state index in [1.165, 1.54) is 0 Å². The highest BCUT2D eigenvalue weighted by Gasteiger charge is 2.23. The van der Waals surface area contributed by atoms with Gasteiger partial charge in [0, 0.05) is 25.7 Å².